The van der Waals surface area contributed by atoms with Crippen LogP contribution in [-0.4, -0.2) is 57.2 Å². The third-order valence-electron chi connectivity index (χ3n) is 4.21. The first-order valence-electron chi connectivity index (χ1n) is 9.35. The van der Waals surface area contributed by atoms with Crippen LogP contribution < -0.4 is 24.8 Å². The van der Waals surface area contributed by atoms with Gasteiger partial charge in [0.05, 0.1) is 33.4 Å². The van der Waals surface area contributed by atoms with Gasteiger partial charge in [-0.25, -0.2) is 0 Å². The van der Waals surface area contributed by atoms with Crippen molar-refractivity contribution in [1.82, 2.24) is 4.90 Å². The number of likely N-dealkylation sites (N-methyl/N-ethyl adjacent to an activating group) is 1. The van der Waals surface area contributed by atoms with Crippen LogP contribution in [0, 0.1) is 0 Å². The van der Waals surface area contributed by atoms with E-state index in [0.29, 0.717) is 41.8 Å². The lowest BCUT2D eigenvalue weighted by molar-refractivity contribution is -0.119. The number of carbonyl (C=O) groups excluding carboxylic acids is 2. The molecular weight excluding hydrogens is 374 g/mol. The molecule has 2 aromatic carbocycles. The number of carbonyl (C=O) groups is 2. The highest BCUT2D eigenvalue weighted by atomic mass is 16.5. The molecule has 0 fully saturated rings. The molecule has 3 rings (SSSR count). The third-order valence-corrected chi connectivity index (χ3v) is 4.21. The standard InChI is InChI=1S/C21H25N3O5/c1-24(13-20(25)22-15-5-3-6-17(11-15)27-2)14-21(26)23-16-7-8-18-19(12-16)29-10-4-9-28-18/h3,5-8,11-12H,4,9-10,13-14H2,1-2H3,(H,22,25)(H,23,26). The first-order valence-corrected chi connectivity index (χ1v) is 9.35. The highest BCUT2D eigenvalue weighted by molar-refractivity contribution is 5.95. The van der Waals surface area contributed by atoms with Crippen LogP contribution in [0.2, 0.25) is 0 Å². The lowest BCUT2D eigenvalue weighted by Gasteiger charge is -2.16. The maximum absolute atomic E-state index is 12.3. The number of methoxy groups -OCH3 is 1. The summed E-state index contributed by atoms with van der Waals surface area (Å²) in [5, 5.41) is 5.60. The fourth-order valence-electron chi connectivity index (χ4n) is 2.89. The van der Waals surface area contributed by atoms with Crippen molar-refractivity contribution in [1.29, 1.82) is 0 Å². The van der Waals surface area contributed by atoms with Gasteiger partial charge >= 0.3 is 0 Å². The summed E-state index contributed by atoms with van der Waals surface area (Å²) < 4.78 is 16.3. The second-order valence-electron chi connectivity index (χ2n) is 6.71. The molecule has 2 amide bonds. The van der Waals surface area contributed by atoms with Crippen LogP contribution in [0.15, 0.2) is 42.5 Å². The van der Waals surface area contributed by atoms with Crippen molar-refractivity contribution in [3.8, 4) is 17.2 Å². The lowest BCUT2D eigenvalue weighted by atomic mass is 10.2. The highest BCUT2D eigenvalue weighted by Crippen LogP contribution is 2.32. The minimum atomic E-state index is -0.226. The number of benzene rings is 2. The van der Waals surface area contributed by atoms with E-state index in [1.54, 1.807) is 61.5 Å². The molecule has 0 aromatic heterocycles. The minimum absolute atomic E-state index is 0.0694. The van der Waals surface area contributed by atoms with E-state index in [2.05, 4.69) is 10.6 Å². The number of hydrogen-bond donors (Lipinski definition) is 2. The summed E-state index contributed by atoms with van der Waals surface area (Å²) in [5.74, 6) is 1.50. The Morgan fingerprint density at radius 1 is 0.966 bits per heavy atom. The number of amides is 2. The van der Waals surface area contributed by atoms with E-state index in [1.807, 2.05) is 0 Å². The topological polar surface area (TPSA) is 89.1 Å². The van der Waals surface area contributed by atoms with Gasteiger partial charge in [-0.1, -0.05) is 6.07 Å². The molecule has 154 valence electrons. The summed E-state index contributed by atoms with van der Waals surface area (Å²) in [4.78, 5) is 26.1. The molecule has 0 atom stereocenters. The van der Waals surface area contributed by atoms with Crippen molar-refractivity contribution in [2.75, 3.05) is 51.1 Å². The molecule has 1 aliphatic heterocycles. The molecular formula is C21H25N3O5. The van der Waals surface area contributed by atoms with Gasteiger partial charge in [-0.15, -0.1) is 0 Å². The van der Waals surface area contributed by atoms with E-state index < -0.39 is 0 Å². The van der Waals surface area contributed by atoms with Crippen molar-refractivity contribution in [3.63, 3.8) is 0 Å². The van der Waals surface area contributed by atoms with Crippen molar-refractivity contribution in [2.45, 2.75) is 6.42 Å². The van der Waals surface area contributed by atoms with Crippen LogP contribution >= 0.6 is 0 Å². The number of ether oxygens (including phenoxy) is 3. The normalized spacial score (nSPS) is 12.8. The van der Waals surface area contributed by atoms with Gasteiger partial charge < -0.3 is 24.8 Å². The van der Waals surface area contributed by atoms with Gasteiger partial charge in [-0.3, -0.25) is 14.5 Å². The van der Waals surface area contributed by atoms with Crippen molar-refractivity contribution < 1.29 is 23.8 Å². The summed E-state index contributed by atoms with van der Waals surface area (Å²) in [7, 11) is 3.27. The van der Waals surface area contributed by atoms with E-state index >= 15 is 0 Å². The van der Waals surface area contributed by atoms with E-state index in [0.717, 1.165) is 6.42 Å². The summed E-state index contributed by atoms with van der Waals surface area (Å²) in [6.07, 6.45) is 0.818. The van der Waals surface area contributed by atoms with Gasteiger partial charge in [0.1, 0.15) is 5.75 Å². The minimum Gasteiger partial charge on any atom is -0.497 e. The Labute approximate surface area is 169 Å². The second kappa shape index (κ2) is 9.79. The largest absolute Gasteiger partial charge is 0.497 e. The van der Waals surface area contributed by atoms with Gasteiger partial charge in [0, 0.05) is 29.9 Å². The number of hydrogen-bond acceptors (Lipinski definition) is 6. The highest BCUT2D eigenvalue weighted by Gasteiger charge is 2.14. The van der Waals surface area contributed by atoms with Crippen LogP contribution in [0.4, 0.5) is 11.4 Å². The summed E-state index contributed by atoms with van der Waals surface area (Å²) in [6, 6.07) is 12.4. The fourth-order valence-corrected chi connectivity index (χ4v) is 2.89. The average Bonchev–Trinajstić information content (AvgIpc) is 2.92. The van der Waals surface area contributed by atoms with E-state index in [1.165, 1.54) is 0 Å². The zero-order valence-electron chi connectivity index (χ0n) is 16.6. The smallest absolute Gasteiger partial charge is 0.238 e. The van der Waals surface area contributed by atoms with Gasteiger partial charge in [-0.05, 0) is 31.3 Å². The van der Waals surface area contributed by atoms with E-state index in [4.69, 9.17) is 14.2 Å². The van der Waals surface area contributed by atoms with Crippen LogP contribution in [-0.2, 0) is 9.59 Å². The maximum atomic E-state index is 12.3. The van der Waals surface area contributed by atoms with Crippen LogP contribution in [0.5, 0.6) is 17.2 Å². The number of rotatable bonds is 7. The molecule has 2 aromatic rings. The number of anilines is 2. The predicted octanol–water partition coefficient (Wildman–Crippen LogP) is 2.37. The monoisotopic (exact) mass is 399 g/mol. The first kappa shape index (κ1) is 20.5. The Kier molecular flexibility index (Phi) is 6.91. The zero-order chi connectivity index (χ0) is 20.6. The number of fused-ring (bicyclic) bond motifs is 1. The van der Waals surface area contributed by atoms with Crippen LogP contribution in [0.3, 0.4) is 0 Å². The van der Waals surface area contributed by atoms with Crippen LogP contribution in [0.25, 0.3) is 0 Å². The molecule has 1 heterocycles. The first-order chi connectivity index (χ1) is 14.0. The van der Waals surface area contributed by atoms with Crippen LogP contribution in [0.1, 0.15) is 6.42 Å². The molecule has 0 unspecified atom stereocenters. The Balaban J connectivity index is 1.48. The molecule has 2 N–H and O–H groups in total. The summed E-state index contributed by atoms with van der Waals surface area (Å²) >= 11 is 0. The van der Waals surface area contributed by atoms with Gasteiger partial charge in [0.25, 0.3) is 0 Å². The maximum Gasteiger partial charge on any atom is 0.238 e. The van der Waals surface area contributed by atoms with E-state index in [-0.39, 0.29) is 24.9 Å². The summed E-state index contributed by atoms with van der Waals surface area (Å²) in [5.41, 5.74) is 1.26. The predicted molar refractivity (Wildman–Crippen MR) is 110 cm³/mol. The number of nitrogens with one attached hydrogen (secondary N) is 2. The molecule has 0 saturated carbocycles. The molecule has 0 saturated heterocycles. The Morgan fingerprint density at radius 3 is 2.31 bits per heavy atom. The van der Waals surface area contributed by atoms with Gasteiger partial charge in [0.2, 0.25) is 11.8 Å². The quantitative estimate of drug-likeness (QED) is 0.743. The molecule has 0 radical (unpaired) electrons. The van der Waals surface area contributed by atoms with Crippen molar-refractivity contribution in [3.05, 3.63) is 42.5 Å². The Bertz CT molecular complexity index is 871. The van der Waals surface area contributed by atoms with Crippen molar-refractivity contribution >= 4 is 23.2 Å². The fraction of sp³-hybridized carbons (Fsp3) is 0.333. The second-order valence-corrected chi connectivity index (χ2v) is 6.71. The Morgan fingerprint density at radius 2 is 1.62 bits per heavy atom. The van der Waals surface area contributed by atoms with Gasteiger partial charge in [-0.2, -0.15) is 0 Å². The molecule has 8 nitrogen and oxygen atoms in total. The molecule has 0 bridgehead atoms. The average molecular weight is 399 g/mol. The molecule has 8 heteroatoms. The molecule has 1 aliphatic rings. The molecule has 29 heavy (non-hydrogen) atoms. The number of nitrogens with zero attached hydrogens (tertiary/aromatic N) is 1. The zero-order valence-corrected chi connectivity index (χ0v) is 16.6. The van der Waals surface area contributed by atoms with Crippen molar-refractivity contribution in [2.24, 2.45) is 0 Å². The molecule has 0 spiro atoms. The van der Waals surface area contributed by atoms with Gasteiger partial charge in [0.15, 0.2) is 11.5 Å². The third kappa shape index (κ3) is 6.11. The summed E-state index contributed by atoms with van der Waals surface area (Å²) in [6.45, 7) is 1.34. The lowest BCUT2D eigenvalue weighted by Crippen LogP contribution is -2.36. The Hall–Kier alpha value is -3.26. The SMILES string of the molecule is COc1cccc(NC(=O)CN(C)CC(=O)Nc2ccc3c(c2)OCCCO3)c1. The molecule has 0 aliphatic carbocycles. The van der Waals surface area contributed by atoms with E-state index in [9.17, 15) is 9.59 Å².